The highest BCUT2D eigenvalue weighted by Gasteiger charge is 2.61. The molecule has 3 aliphatic rings. The zero-order valence-corrected chi connectivity index (χ0v) is 10.2. The number of imide groups is 1. The Balaban J connectivity index is 1.72. The van der Waals surface area contributed by atoms with Gasteiger partial charge < -0.3 is 4.74 Å². The molecule has 0 saturated carbocycles. The third-order valence-corrected chi connectivity index (χ3v) is 4.36. The molecule has 3 rings (SSSR count). The van der Waals surface area contributed by atoms with Gasteiger partial charge in [-0.1, -0.05) is 19.8 Å². The summed E-state index contributed by atoms with van der Waals surface area (Å²) in [5, 5.41) is 0. The summed E-state index contributed by atoms with van der Waals surface area (Å²) in [6.07, 6.45) is 5.08. The van der Waals surface area contributed by atoms with Crippen molar-refractivity contribution in [1.82, 2.24) is 4.90 Å². The van der Waals surface area contributed by atoms with Crippen LogP contribution in [-0.4, -0.2) is 35.5 Å². The predicted octanol–water partition coefficient (Wildman–Crippen LogP) is 1.34. The van der Waals surface area contributed by atoms with Crippen molar-refractivity contribution in [2.24, 2.45) is 11.8 Å². The molecule has 0 aliphatic carbocycles. The van der Waals surface area contributed by atoms with Gasteiger partial charge in [-0.25, -0.2) is 0 Å². The van der Waals surface area contributed by atoms with Crippen molar-refractivity contribution in [3.05, 3.63) is 0 Å². The third-order valence-electron chi connectivity index (χ3n) is 4.36. The molecule has 4 nitrogen and oxygen atoms in total. The molecule has 0 radical (unpaired) electrons. The second kappa shape index (κ2) is 4.09. The number of carbonyl (C=O) groups excluding carboxylic acids is 2. The lowest BCUT2D eigenvalue weighted by atomic mass is 9.81. The number of unbranched alkanes of at least 4 members (excludes halogenated alkanes) is 2. The second-order valence-electron chi connectivity index (χ2n) is 5.38. The van der Waals surface area contributed by atoms with Gasteiger partial charge in [0, 0.05) is 6.54 Å². The first kappa shape index (κ1) is 11.2. The van der Waals surface area contributed by atoms with E-state index in [0.29, 0.717) is 6.54 Å². The first-order chi connectivity index (χ1) is 8.24. The fourth-order valence-corrected chi connectivity index (χ4v) is 3.51. The molecule has 0 unspecified atom stereocenters. The van der Waals surface area contributed by atoms with Gasteiger partial charge in [0.05, 0.1) is 24.0 Å². The molecule has 3 fully saturated rings. The molecule has 4 atom stereocenters. The highest BCUT2D eigenvalue weighted by Crippen LogP contribution is 2.48. The average molecular weight is 237 g/mol. The maximum absolute atomic E-state index is 12.2. The summed E-state index contributed by atoms with van der Waals surface area (Å²) < 4.78 is 5.69. The van der Waals surface area contributed by atoms with Crippen molar-refractivity contribution in [3.8, 4) is 0 Å². The Morgan fingerprint density at radius 3 is 2.24 bits per heavy atom. The van der Waals surface area contributed by atoms with Crippen LogP contribution >= 0.6 is 0 Å². The number of hydrogen-bond donors (Lipinski definition) is 0. The van der Waals surface area contributed by atoms with Crippen LogP contribution in [-0.2, 0) is 14.3 Å². The summed E-state index contributed by atoms with van der Waals surface area (Å²) in [7, 11) is 0. The van der Waals surface area contributed by atoms with E-state index in [9.17, 15) is 9.59 Å². The van der Waals surface area contributed by atoms with Crippen LogP contribution in [0.15, 0.2) is 0 Å². The molecule has 4 heteroatoms. The van der Waals surface area contributed by atoms with E-state index in [2.05, 4.69) is 6.92 Å². The van der Waals surface area contributed by atoms with Crippen LogP contribution in [0.25, 0.3) is 0 Å². The Morgan fingerprint density at radius 1 is 1.12 bits per heavy atom. The Bertz CT molecular complexity index is 327. The number of fused-ring (bicyclic) bond motifs is 5. The zero-order chi connectivity index (χ0) is 12.0. The fraction of sp³-hybridized carbons (Fsp3) is 0.846. The summed E-state index contributed by atoms with van der Waals surface area (Å²) in [6.45, 7) is 2.73. The quantitative estimate of drug-likeness (QED) is 0.547. The Morgan fingerprint density at radius 2 is 1.71 bits per heavy atom. The third kappa shape index (κ3) is 1.53. The number of nitrogens with zero attached hydrogens (tertiary/aromatic N) is 1. The molecule has 0 spiro atoms. The SMILES string of the molecule is CCCCCN1C(=O)[C@@H]2[C@@H](C1=O)[C@H]1CC[C@@H]2O1. The molecular weight excluding hydrogens is 218 g/mol. The topological polar surface area (TPSA) is 46.6 Å². The Kier molecular flexibility index (Phi) is 2.69. The van der Waals surface area contributed by atoms with Gasteiger partial charge in [-0.2, -0.15) is 0 Å². The van der Waals surface area contributed by atoms with E-state index in [1.165, 1.54) is 4.90 Å². The fourth-order valence-electron chi connectivity index (χ4n) is 3.51. The van der Waals surface area contributed by atoms with Gasteiger partial charge in [0.15, 0.2) is 0 Å². The monoisotopic (exact) mass is 237 g/mol. The average Bonchev–Trinajstić information content (AvgIpc) is 2.97. The molecule has 0 N–H and O–H groups in total. The van der Waals surface area contributed by atoms with E-state index < -0.39 is 0 Å². The van der Waals surface area contributed by atoms with Crippen molar-refractivity contribution in [3.63, 3.8) is 0 Å². The van der Waals surface area contributed by atoms with Crippen LogP contribution in [0.3, 0.4) is 0 Å². The van der Waals surface area contributed by atoms with Crippen LogP contribution in [0, 0.1) is 11.8 Å². The van der Waals surface area contributed by atoms with Gasteiger partial charge in [0.25, 0.3) is 0 Å². The molecule has 3 heterocycles. The maximum atomic E-state index is 12.2. The lowest BCUT2D eigenvalue weighted by molar-refractivity contribution is -0.142. The molecule has 94 valence electrons. The molecule has 0 aromatic rings. The van der Waals surface area contributed by atoms with Gasteiger partial charge in [-0.15, -0.1) is 0 Å². The summed E-state index contributed by atoms with van der Waals surface area (Å²) in [6, 6.07) is 0. The van der Waals surface area contributed by atoms with Gasteiger partial charge in [-0.3, -0.25) is 14.5 Å². The maximum Gasteiger partial charge on any atom is 0.235 e. The van der Waals surface area contributed by atoms with Crippen LogP contribution in [0.5, 0.6) is 0 Å². The highest BCUT2D eigenvalue weighted by molar-refractivity contribution is 6.06. The minimum absolute atomic E-state index is 0.0256. The minimum Gasteiger partial charge on any atom is -0.373 e. The standard InChI is InChI=1S/C13H19NO3/c1-2-3-4-7-14-12(15)10-8-5-6-9(17-8)11(10)13(14)16/h8-11H,2-7H2,1H3/t8-,9+,10-,11-/m0/s1. The van der Waals surface area contributed by atoms with Crippen molar-refractivity contribution in [2.45, 2.75) is 51.2 Å². The number of amides is 2. The highest BCUT2D eigenvalue weighted by atomic mass is 16.5. The van der Waals surface area contributed by atoms with E-state index in [1.54, 1.807) is 0 Å². The Hall–Kier alpha value is -0.900. The summed E-state index contributed by atoms with van der Waals surface area (Å²) in [5.74, 6) is -0.239. The molecular formula is C13H19NO3. The second-order valence-corrected chi connectivity index (χ2v) is 5.38. The molecule has 0 aromatic carbocycles. The van der Waals surface area contributed by atoms with Crippen molar-refractivity contribution < 1.29 is 14.3 Å². The van der Waals surface area contributed by atoms with E-state index >= 15 is 0 Å². The molecule has 3 saturated heterocycles. The van der Waals surface area contributed by atoms with Crippen LogP contribution in [0.2, 0.25) is 0 Å². The number of likely N-dealkylation sites (tertiary alicyclic amines) is 1. The van der Waals surface area contributed by atoms with Crippen molar-refractivity contribution in [2.75, 3.05) is 6.54 Å². The largest absolute Gasteiger partial charge is 0.373 e. The minimum atomic E-state index is -0.150. The van der Waals surface area contributed by atoms with E-state index in [1.807, 2.05) is 0 Å². The predicted molar refractivity (Wildman–Crippen MR) is 61.1 cm³/mol. The van der Waals surface area contributed by atoms with Crippen LogP contribution in [0.4, 0.5) is 0 Å². The van der Waals surface area contributed by atoms with Crippen LogP contribution in [0.1, 0.15) is 39.0 Å². The van der Waals surface area contributed by atoms with Gasteiger partial charge in [-0.05, 0) is 19.3 Å². The summed E-state index contributed by atoms with van der Waals surface area (Å²) in [4.78, 5) is 25.9. The molecule has 17 heavy (non-hydrogen) atoms. The van der Waals surface area contributed by atoms with Crippen LogP contribution < -0.4 is 0 Å². The number of ether oxygens (including phenoxy) is 1. The summed E-state index contributed by atoms with van der Waals surface area (Å²) in [5.41, 5.74) is 0. The zero-order valence-electron chi connectivity index (χ0n) is 10.2. The molecule has 2 bridgehead atoms. The van der Waals surface area contributed by atoms with Gasteiger partial charge in [0.2, 0.25) is 11.8 Å². The van der Waals surface area contributed by atoms with E-state index in [0.717, 1.165) is 32.1 Å². The normalized spacial score (nSPS) is 39.2. The molecule has 2 amide bonds. The van der Waals surface area contributed by atoms with E-state index in [4.69, 9.17) is 4.74 Å². The first-order valence-corrected chi connectivity index (χ1v) is 6.74. The molecule has 0 aromatic heterocycles. The Labute approximate surface area is 101 Å². The van der Waals surface area contributed by atoms with Crippen molar-refractivity contribution >= 4 is 11.8 Å². The molecule has 3 aliphatic heterocycles. The van der Waals surface area contributed by atoms with E-state index in [-0.39, 0.29) is 35.9 Å². The summed E-state index contributed by atoms with van der Waals surface area (Å²) >= 11 is 0. The number of rotatable bonds is 4. The lowest BCUT2D eigenvalue weighted by Gasteiger charge is -2.16. The smallest absolute Gasteiger partial charge is 0.235 e. The van der Waals surface area contributed by atoms with Crippen molar-refractivity contribution in [1.29, 1.82) is 0 Å². The van der Waals surface area contributed by atoms with Gasteiger partial charge >= 0.3 is 0 Å². The number of hydrogen-bond acceptors (Lipinski definition) is 3. The first-order valence-electron chi connectivity index (χ1n) is 6.74. The lowest BCUT2D eigenvalue weighted by Crippen LogP contribution is -2.35. The number of carbonyl (C=O) groups is 2. The van der Waals surface area contributed by atoms with Gasteiger partial charge in [0.1, 0.15) is 0 Å².